The lowest BCUT2D eigenvalue weighted by molar-refractivity contribution is -0.384. The van der Waals surface area contributed by atoms with Gasteiger partial charge in [0.2, 0.25) is 5.91 Å². The fourth-order valence-corrected chi connectivity index (χ4v) is 4.35. The second kappa shape index (κ2) is 7.28. The van der Waals surface area contributed by atoms with Gasteiger partial charge in [-0.3, -0.25) is 14.9 Å². The second-order valence-corrected chi connectivity index (χ2v) is 7.55. The summed E-state index contributed by atoms with van der Waals surface area (Å²) in [5, 5.41) is 18.2. The van der Waals surface area contributed by atoms with Crippen LogP contribution >= 0.6 is 11.6 Å². The summed E-state index contributed by atoms with van der Waals surface area (Å²) in [5.74, 6) is 0.336. The Morgan fingerprint density at radius 3 is 2.86 bits per heavy atom. The minimum absolute atomic E-state index is 0.0245. The van der Waals surface area contributed by atoms with Gasteiger partial charge < -0.3 is 10.6 Å². The predicted octanol–water partition coefficient (Wildman–Crippen LogP) is 5.42. The maximum atomic E-state index is 11.7. The number of nitro benzene ring substituents is 1. The van der Waals surface area contributed by atoms with Gasteiger partial charge in [-0.05, 0) is 42.2 Å². The number of amides is 1. The lowest BCUT2D eigenvalue weighted by atomic mass is 9.77. The number of halogens is 1. The maximum absolute atomic E-state index is 11.7. The predicted molar refractivity (Wildman–Crippen MR) is 110 cm³/mol. The van der Waals surface area contributed by atoms with Crippen molar-refractivity contribution in [2.75, 3.05) is 10.6 Å². The standard InChI is InChI=1S/C21H20ClN3O3/c1-2-20(26)23-12-6-9-19-16(10-12)14-4-3-5-15(14)21(24-19)17-11-13(25(27)28)7-8-18(17)22/h3-4,6-11,14-15,21,24H,2,5H2,1H3,(H,23,26). The number of hydrogen-bond donors (Lipinski definition) is 2. The third-order valence-electron chi connectivity index (χ3n) is 5.49. The first-order valence-corrected chi connectivity index (χ1v) is 9.66. The number of benzene rings is 2. The number of nitrogens with zero attached hydrogens (tertiary/aromatic N) is 1. The van der Waals surface area contributed by atoms with Crippen molar-refractivity contribution in [3.63, 3.8) is 0 Å². The van der Waals surface area contributed by atoms with Crippen LogP contribution in [-0.2, 0) is 4.79 Å². The van der Waals surface area contributed by atoms with E-state index in [4.69, 9.17) is 11.6 Å². The molecule has 2 aliphatic rings. The van der Waals surface area contributed by atoms with Crippen molar-refractivity contribution in [2.24, 2.45) is 5.92 Å². The van der Waals surface area contributed by atoms with Crippen LogP contribution in [0.1, 0.15) is 42.9 Å². The third-order valence-corrected chi connectivity index (χ3v) is 5.84. The number of rotatable bonds is 4. The molecule has 2 aromatic carbocycles. The van der Waals surface area contributed by atoms with E-state index in [0.717, 1.165) is 28.9 Å². The van der Waals surface area contributed by atoms with E-state index < -0.39 is 4.92 Å². The average molecular weight is 398 g/mol. The highest BCUT2D eigenvalue weighted by Crippen LogP contribution is 2.51. The summed E-state index contributed by atoms with van der Waals surface area (Å²) in [5.41, 5.74) is 3.62. The van der Waals surface area contributed by atoms with Crippen LogP contribution in [0, 0.1) is 16.0 Å². The average Bonchev–Trinajstić information content (AvgIpc) is 3.18. The number of allylic oxidation sites excluding steroid dienone is 2. The highest BCUT2D eigenvalue weighted by Gasteiger charge is 2.39. The van der Waals surface area contributed by atoms with E-state index in [0.29, 0.717) is 11.4 Å². The zero-order valence-corrected chi connectivity index (χ0v) is 16.1. The van der Waals surface area contributed by atoms with Gasteiger partial charge in [0.25, 0.3) is 5.69 Å². The SMILES string of the molecule is CCC(=O)Nc1ccc2c(c1)C1C=CCC1C(c1cc([N+](=O)[O-])ccc1Cl)N2. The van der Waals surface area contributed by atoms with Gasteiger partial charge in [-0.15, -0.1) is 0 Å². The largest absolute Gasteiger partial charge is 0.378 e. The summed E-state index contributed by atoms with van der Waals surface area (Å²) in [4.78, 5) is 22.5. The molecule has 7 heteroatoms. The van der Waals surface area contributed by atoms with Crippen LogP contribution < -0.4 is 10.6 Å². The molecule has 1 amide bonds. The molecule has 4 rings (SSSR count). The van der Waals surface area contributed by atoms with Crippen LogP contribution in [-0.4, -0.2) is 10.8 Å². The van der Waals surface area contributed by atoms with Gasteiger partial charge in [-0.25, -0.2) is 0 Å². The number of fused-ring (bicyclic) bond motifs is 3. The fraction of sp³-hybridized carbons (Fsp3) is 0.286. The van der Waals surface area contributed by atoms with E-state index in [1.807, 2.05) is 25.1 Å². The molecule has 0 saturated heterocycles. The summed E-state index contributed by atoms with van der Waals surface area (Å²) < 4.78 is 0. The Balaban J connectivity index is 1.73. The van der Waals surface area contributed by atoms with Crippen LogP contribution in [0.3, 0.4) is 0 Å². The highest BCUT2D eigenvalue weighted by molar-refractivity contribution is 6.31. The number of hydrogen-bond acceptors (Lipinski definition) is 4. The van der Waals surface area contributed by atoms with Crippen LogP contribution in [0.5, 0.6) is 0 Å². The Morgan fingerprint density at radius 1 is 1.29 bits per heavy atom. The van der Waals surface area contributed by atoms with E-state index in [-0.39, 0.29) is 29.5 Å². The molecular weight excluding hydrogens is 378 g/mol. The van der Waals surface area contributed by atoms with E-state index in [2.05, 4.69) is 22.8 Å². The van der Waals surface area contributed by atoms with Gasteiger partial charge in [0, 0.05) is 46.4 Å². The fourth-order valence-electron chi connectivity index (χ4n) is 4.11. The number of carbonyl (C=O) groups is 1. The van der Waals surface area contributed by atoms with E-state index >= 15 is 0 Å². The smallest absolute Gasteiger partial charge is 0.269 e. The van der Waals surface area contributed by atoms with Crippen molar-refractivity contribution in [1.29, 1.82) is 0 Å². The Bertz CT molecular complexity index is 989. The Kier molecular flexibility index (Phi) is 4.81. The number of non-ortho nitro benzene ring substituents is 1. The lowest BCUT2D eigenvalue weighted by Crippen LogP contribution is -2.29. The topological polar surface area (TPSA) is 84.3 Å². The molecule has 2 aromatic rings. The molecule has 3 atom stereocenters. The van der Waals surface area contributed by atoms with Gasteiger partial charge in [0.1, 0.15) is 0 Å². The van der Waals surface area contributed by atoms with E-state index in [1.165, 1.54) is 6.07 Å². The zero-order chi connectivity index (χ0) is 19.8. The molecule has 1 heterocycles. The Morgan fingerprint density at radius 2 is 2.11 bits per heavy atom. The molecule has 0 fully saturated rings. The summed E-state index contributed by atoms with van der Waals surface area (Å²) >= 11 is 6.42. The van der Waals surface area contributed by atoms with Crippen LogP contribution in [0.4, 0.5) is 17.1 Å². The van der Waals surface area contributed by atoms with Crippen molar-refractivity contribution in [2.45, 2.75) is 31.7 Å². The molecule has 0 radical (unpaired) electrons. The molecule has 1 aliphatic heterocycles. The molecule has 1 aliphatic carbocycles. The Labute approximate surface area is 167 Å². The molecule has 28 heavy (non-hydrogen) atoms. The van der Waals surface area contributed by atoms with Crippen LogP contribution in [0.15, 0.2) is 48.6 Å². The maximum Gasteiger partial charge on any atom is 0.269 e. The number of carbonyl (C=O) groups excluding carboxylic acids is 1. The lowest BCUT2D eigenvalue weighted by Gasteiger charge is -2.38. The van der Waals surface area contributed by atoms with Gasteiger partial charge in [-0.2, -0.15) is 0 Å². The first-order chi connectivity index (χ1) is 13.5. The molecular formula is C21H20ClN3O3. The Hall–Kier alpha value is -2.86. The third kappa shape index (κ3) is 3.24. The first-order valence-electron chi connectivity index (χ1n) is 9.28. The van der Waals surface area contributed by atoms with Crippen LogP contribution in [0.25, 0.3) is 0 Å². The van der Waals surface area contributed by atoms with Crippen LogP contribution in [0.2, 0.25) is 5.02 Å². The zero-order valence-electron chi connectivity index (χ0n) is 15.3. The molecule has 144 valence electrons. The number of nitrogens with one attached hydrogen (secondary N) is 2. The summed E-state index contributed by atoms with van der Waals surface area (Å²) in [6, 6.07) is 10.3. The van der Waals surface area contributed by atoms with Crippen molar-refractivity contribution < 1.29 is 9.72 Å². The van der Waals surface area contributed by atoms with E-state index in [1.54, 1.807) is 12.1 Å². The molecule has 6 nitrogen and oxygen atoms in total. The summed E-state index contributed by atoms with van der Waals surface area (Å²) in [7, 11) is 0. The van der Waals surface area contributed by atoms with Gasteiger partial charge >= 0.3 is 0 Å². The molecule has 3 unspecified atom stereocenters. The molecule has 0 spiro atoms. The molecule has 0 aromatic heterocycles. The number of anilines is 2. The van der Waals surface area contributed by atoms with Gasteiger partial charge in [0.15, 0.2) is 0 Å². The van der Waals surface area contributed by atoms with Crippen molar-refractivity contribution in [1.82, 2.24) is 0 Å². The van der Waals surface area contributed by atoms with Gasteiger partial charge in [0.05, 0.1) is 11.0 Å². The number of nitro groups is 1. The first kappa shape index (κ1) is 18.5. The molecule has 0 bridgehead atoms. The van der Waals surface area contributed by atoms with Crippen molar-refractivity contribution in [3.8, 4) is 0 Å². The summed E-state index contributed by atoms with van der Waals surface area (Å²) in [6.45, 7) is 1.82. The van der Waals surface area contributed by atoms with Crippen molar-refractivity contribution in [3.05, 3.63) is 74.8 Å². The minimum Gasteiger partial charge on any atom is -0.378 e. The summed E-state index contributed by atoms with van der Waals surface area (Å²) in [6.07, 6.45) is 5.59. The second-order valence-electron chi connectivity index (χ2n) is 7.14. The monoisotopic (exact) mass is 397 g/mol. The molecule has 0 saturated carbocycles. The molecule has 2 N–H and O–H groups in total. The van der Waals surface area contributed by atoms with Gasteiger partial charge in [-0.1, -0.05) is 30.7 Å². The quantitative estimate of drug-likeness (QED) is 0.409. The van der Waals surface area contributed by atoms with E-state index in [9.17, 15) is 14.9 Å². The normalized spacial score (nSPS) is 22.1. The van der Waals surface area contributed by atoms with Crippen molar-refractivity contribution >= 4 is 34.6 Å². The highest BCUT2D eigenvalue weighted by atomic mass is 35.5. The minimum atomic E-state index is -0.399.